The molecule has 0 saturated carbocycles. The Morgan fingerprint density at radius 2 is 1.72 bits per heavy atom. The van der Waals surface area contributed by atoms with Crippen molar-refractivity contribution in [2.24, 2.45) is 0 Å². The molecule has 0 fully saturated rings. The van der Waals surface area contributed by atoms with Gasteiger partial charge in [0.05, 0.1) is 25.3 Å². The second-order valence-electron chi connectivity index (χ2n) is 6.10. The Morgan fingerprint density at radius 1 is 0.920 bits per heavy atom. The number of aromatic nitrogens is 2. The van der Waals surface area contributed by atoms with Crippen LogP contribution in [0.1, 0.15) is 16.7 Å². The van der Waals surface area contributed by atoms with E-state index in [9.17, 15) is 10.2 Å². The highest BCUT2D eigenvalue weighted by Gasteiger charge is 2.15. The summed E-state index contributed by atoms with van der Waals surface area (Å²) in [5.74, 6) is 0. The SMILES string of the molecule is OCc1c[nH]c2ccc3c(c(CO)cn3COCc3ccccc3)c12. The molecule has 2 aromatic carbocycles. The summed E-state index contributed by atoms with van der Waals surface area (Å²) < 4.78 is 7.84. The molecular formula is C20H20N2O3. The standard InChI is InChI=1S/C20H20N2O3/c23-10-15-8-21-17-6-7-18-20(19(15)17)16(11-24)9-22(18)13-25-12-14-4-2-1-3-5-14/h1-9,21,23-24H,10-13H2. The molecule has 0 amide bonds. The number of hydrogen-bond donors (Lipinski definition) is 3. The van der Waals surface area contributed by atoms with Crippen molar-refractivity contribution in [3.8, 4) is 0 Å². The van der Waals surface area contributed by atoms with Crippen LogP contribution in [0, 0.1) is 0 Å². The molecule has 0 aliphatic rings. The minimum absolute atomic E-state index is 0.0420. The molecule has 5 heteroatoms. The fourth-order valence-corrected chi connectivity index (χ4v) is 3.36. The summed E-state index contributed by atoms with van der Waals surface area (Å²) in [4.78, 5) is 3.17. The van der Waals surface area contributed by atoms with Crippen LogP contribution in [0.25, 0.3) is 21.8 Å². The van der Waals surface area contributed by atoms with E-state index in [2.05, 4.69) is 4.98 Å². The Kier molecular flexibility index (Phi) is 4.28. The van der Waals surface area contributed by atoms with Gasteiger partial charge in [-0.3, -0.25) is 0 Å². The number of aliphatic hydroxyl groups excluding tert-OH is 2. The first-order chi connectivity index (χ1) is 12.3. The van der Waals surface area contributed by atoms with Crippen LogP contribution in [0.4, 0.5) is 0 Å². The van der Waals surface area contributed by atoms with Crippen LogP contribution >= 0.6 is 0 Å². The van der Waals surface area contributed by atoms with Crippen molar-refractivity contribution >= 4 is 21.8 Å². The van der Waals surface area contributed by atoms with E-state index in [4.69, 9.17) is 4.74 Å². The summed E-state index contributed by atoms with van der Waals surface area (Å²) in [6, 6.07) is 14.0. The fraction of sp³-hybridized carbons (Fsp3) is 0.200. The number of benzene rings is 2. The quantitative estimate of drug-likeness (QED) is 0.506. The molecule has 4 rings (SSSR count). The summed E-state index contributed by atoms with van der Waals surface area (Å²) in [6.07, 6.45) is 3.73. The van der Waals surface area contributed by atoms with Gasteiger partial charge in [0.25, 0.3) is 0 Å². The van der Waals surface area contributed by atoms with E-state index in [0.717, 1.165) is 38.5 Å². The smallest absolute Gasteiger partial charge is 0.123 e. The van der Waals surface area contributed by atoms with Crippen LogP contribution in [0.15, 0.2) is 54.9 Å². The maximum atomic E-state index is 9.79. The Morgan fingerprint density at radius 3 is 2.48 bits per heavy atom. The van der Waals surface area contributed by atoms with Crippen molar-refractivity contribution in [3.63, 3.8) is 0 Å². The third-order valence-corrected chi connectivity index (χ3v) is 4.53. The molecule has 0 saturated heterocycles. The van der Waals surface area contributed by atoms with Crippen LogP contribution in [0.5, 0.6) is 0 Å². The lowest BCUT2D eigenvalue weighted by Crippen LogP contribution is -2.01. The molecule has 0 radical (unpaired) electrons. The maximum Gasteiger partial charge on any atom is 0.123 e. The Labute approximate surface area is 145 Å². The number of aliphatic hydroxyl groups is 2. The van der Waals surface area contributed by atoms with E-state index in [1.165, 1.54) is 0 Å². The van der Waals surface area contributed by atoms with Gasteiger partial charge in [-0.15, -0.1) is 0 Å². The second kappa shape index (κ2) is 6.72. The highest BCUT2D eigenvalue weighted by Crippen LogP contribution is 2.32. The van der Waals surface area contributed by atoms with E-state index >= 15 is 0 Å². The van der Waals surface area contributed by atoms with Crippen LogP contribution in [-0.2, 0) is 31.3 Å². The van der Waals surface area contributed by atoms with E-state index in [1.54, 1.807) is 0 Å². The first kappa shape index (κ1) is 15.9. The molecule has 0 spiro atoms. The van der Waals surface area contributed by atoms with Gasteiger partial charge in [0.2, 0.25) is 0 Å². The molecule has 0 bridgehead atoms. The van der Waals surface area contributed by atoms with Gasteiger partial charge >= 0.3 is 0 Å². The van der Waals surface area contributed by atoms with Crippen molar-refractivity contribution in [1.29, 1.82) is 0 Å². The number of fused-ring (bicyclic) bond motifs is 3. The fourth-order valence-electron chi connectivity index (χ4n) is 3.36. The first-order valence-corrected chi connectivity index (χ1v) is 8.26. The van der Waals surface area contributed by atoms with Gasteiger partial charge in [-0.2, -0.15) is 0 Å². The monoisotopic (exact) mass is 336 g/mol. The molecule has 2 heterocycles. The predicted octanol–water partition coefficient (Wildman–Crippen LogP) is 3.28. The Hall–Kier alpha value is -2.60. The van der Waals surface area contributed by atoms with E-state index in [1.807, 2.05) is 59.4 Å². The number of ether oxygens (including phenoxy) is 1. The van der Waals surface area contributed by atoms with Gasteiger partial charge in [0, 0.05) is 39.8 Å². The summed E-state index contributed by atoms with van der Waals surface area (Å²) in [6.45, 7) is 0.829. The second-order valence-corrected chi connectivity index (χ2v) is 6.10. The lowest BCUT2D eigenvalue weighted by atomic mass is 10.1. The lowest BCUT2D eigenvalue weighted by molar-refractivity contribution is 0.0666. The molecule has 25 heavy (non-hydrogen) atoms. The molecule has 0 atom stereocenters. The molecule has 0 unspecified atom stereocenters. The Bertz CT molecular complexity index is 1000. The number of H-pyrrole nitrogens is 1. The minimum Gasteiger partial charge on any atom is -0.392 e. The topological polar surface area (TPSA) is 70.4 Å². The maximum absolute atomic E-state index is 9.79. The molecule has 0 aliphatic carbocycles. The predicted molar refractivity (Wildman–Crippen MR) is 96.9 cm³/mol. The molecule has 4 aromatic rings. The zero-order valence-corrected chi connectivity index (χ0v) is 13.8. The van der Waals surface area contributed by atoms with E-state index < -0.39 is 0 Å². The van der Waals surface area contributed by atoms with Crippen molar-refractivity contribution in [1.82, 2.24) is 9.55 Å². The van der Waals surface area contributed by atoms with Gasteiger partial charge in [0.15, 0.2) is 0 Å². The molecule has 128 valence electrons. The average molecular weight is 336 g/mol. The van der Waals surface area contributed by atoms with Gasteiger partial charge in [0.1, 0.15) is 6.73 Å². The number of nitrogens with zero attached hydrogens (tertiary/aromatic N) is 1. The van der Waals surface area contributed by atoms with Gasteiger partial charge in [-0.05, 0) is 17.7 Å². The van der Waals surface area contributed by atoms with E-state index in [-0.39, 0.29) is 13.2 Å². The van der Waals surface area contributed by atoms with Crippen LogP contribution in [-0.4, -0.2) is 19.8 Å². The molecule has 3 N–H and O–H groups in total. The summed E-state index contributed by atoms with van der Waals surface area (Å²) in [5, 5.41) is 21.3. The molecule has 5 nitrogen and oxygen atoms in total. The number of hydrogen-bond acceptors (Lipinski definition) is 3. The third kappa shape index (κ3) is 2.82. The van der Waals surface area contributed by atoms with E-state index in [0.29, 0.717) is 13.3 Å². The summed E-state index contributed by atoms with van der Waals surface area (Å²) in [5.41, 5.74) is 4.72. The van der Waals surface area contributed by atoms with Crippen molar-refractivity contribution in [2.45, 2.75) is 26.6 Å². The van der Waals surface area contributed by atoms with Crippen molar-refractivity contribution in [2.75, 3.05) is 0 Å². The zero-order valence-electron chi connectivity index (χ0n) is 13.8. The summed E-state index contributed by atoms with van der Waals surface area (Å²) in [7, 11) is 0. The number of rotatable bonds is 6. The average Bonchev–Trinajstić information content (AvgIpc) is 3.23. The van der Waals surface area contributed by atoms with Crippen molar-refractivity contribution in [3.05, 3.63) is 71.5 Å². The van der Waals surface area contributed by atoms with Crippen molar-refractivity contribution < 1.29 is 14.9 Å². The molecule has 0 aliphatic heterocycles. The molecular weight excluding hydrogens is 316 g/mol. The summed E-state index contributed by atoms with van der Waals surface area (Å²) >= 11 is 0. The number of aromatic amines is 1. The van der Waals surface area contributed by atoms with Crippen LogP contribution in [0.3, 0.4) is 0 Å². The van der Waals surface area contributed by atoms with Crippen LogP contribution < -0.4 is 0 Å². The van der Waals surface area contributed by atoms with Crippen LogP contribution in [0.2, 0.25) is 0 Å². The largest absolute Gasteiger partial charge is 0.392 e. The Balaban J connectivity index is 1.70. The highest BCUT2D eigenvalue weighted by molar-refractivity contribution is 6.09. The minimum atomic E-state index is -0.0582. The zero-order chi connectivity index (χ0) is 17.2. The van der Waals surface area contributed by atoms with Gasteiger partial charge < -0.3 is 24.5 Å². The first-order valence-electron chi connectivity index (χ1n) is 8.26. The normalized spacial score (nSPS) is 11.6. The number of nitrogens with one attached hydrogen (secondary N) is 1. The van der Waals surface area contributed by atoms with Gasteiger partial charge in [-0.1, -0.05) is 30.3 Å². The third-order valence-electron chi connectivity index (χ3n) is 4.53. The molecule has 2 aromatic heterocycles. The lowest BCUT2D eigenvalue weighted by Gasteiger charge is -2.07. The highest BCUT2D eigenvalue weighted by atomic mass is 16.5. The van der Waals surface area contributed by atoms with Gasteiger partial charge in [-0.25, -0.2) is 0 Å².